The normalized spacial score (nSPS) is 14.1. The average Bonchev–Trinajstić information content (AvgIpc) is 2.81. The monoisotopic (exact) mass is 449 g/mol. The molecule has 2 heterocycles. The smallest absolute Gasteiger partial charge is 0.319 e. The van der Waals surface area contributed by atoms with E-state index >= 15 is 0 Å². The number of para-hydroxylation sites is 1. The topological polar surface area (TPSA) is 100 Å². The summed E-state index contributed by atoms with van der Waals surface area (Å²) < 4.78 is 0. The zero-order valence-electron chi connectivity index (χ0n) is 17.4. The molecule has 32 heavy (non-hydrogen) atoms. The van der Waals surface area contributed by atoms with Crippen LogP contribution in [-0.2, 0) is 0 Å². The van der Waals surface area contributed by atoms with Crippen LogP contribution < -0.4 is 21.3 Å². The SMILES string of the molecule is Nc1cccc(C(=O)c2ccc(Cl)cc2)c1NC(=O)NC1CCN(c2ccncc2)CC1. The Balaban J connectivity index is 1.40. The molecule has 1 fully saturated rings. The number of carbonyl (C=O) groups is 2. The highest BCUT2D eigenvalue weighted by molar-refractivity contribution is 6.30. The Hall–Kier alpha value is -3.58. The van der Waals surface area contributed by atoms with Gasteiger partial charge >= 0.3 is 6.03 Å². The number of hydrogen-bond donors (Lipinski definition) is 3. The lowest BCUT2D eigenvalue weighted by atomic mass is 10.0. The van der Waals surface area contributed by atoms with Crippen molar-refractivity contribution in [2.24, 2.45) is 0 Å². The van der Waals surface area contributed by atoms with Crippen molar-refractivity contribution in [2.45, 2.75) is 18.9 Å². The Bertz CT molecular complexity index is 1100. The molecule has 0 saturated carbocycles. The quantitative estimate of drug-likeness (QED) is 0.397. The molecule has 0 aliphatic carbocycles. The number of carbonyl (C=O) groups excluding carboxylic acids is 2. The van der Waals surface area contributed by atoms with Gasteiger partial charge in [-0.25, -0.2) is 4.79 Å². The predicted octanol–water partition coefficient (Wildman–Crippen LogP) is 4.34. The van der Waals surface area contributed by atoms with Gasteiger partial charge in [-0.05, 0) is 61.4 Å². The number of urea groups is 1. The van der Waals surface area contributed by atoms with Crippen LogP contribution in [0.15, 0.2) is 67.0 Å². The fourth-order valence-electron chi connectivity index (χ4n) is 3.83. The Morgan fingerprint density at radius 2 is 1.69 bits per heavy atom. The zero-order chi connectivity index (χ0) is 22.5. The third kappa shape index (κ3) is 5.00. The van der Waals surface area contributed by atoms with E-state index in [0.717, 1.165) is 31.6 Å². The number of rotatable bonds is 5. The summed E-state index contributed by atoms with van der Waals surface area (Å²) in [4.78, 5) is 32.0. The van der Waals surface area contributed by atoms with Gasteiger partial charge in [0.15, 0.2) is 5.78 Å². The van der Waals surface area contributed by atoms with Gasteiger partial charge in [0.25, 0.3) is 0 Å². The molecule has 1 saturated heterocycles. The Labute approximate surface area is 191 Å². The number of anilines is 3. The largest absolute Gasteiger partial charge is 0.397 e. The maximum absolute atomic E-state index is 13.0. The van der Waals surface area contributed by atoms with E-state index in [1.807, 2.05) is 12.1 Å². The van der Waals surface area contributed by atoms with E-state index in [9.17, 15) is 9.59 Å². The number of aromatic nitrogens is 1. The lowest BCUT2D eigenvalue weighted by Crippen LogP contribution is -2.46. The molecule has 7 nitrogen and oxygen atoms in total. The van der Waals surface area contributed by atoms with E-state index in [-0.39, 0.29) is 17.9 Å². The van der Waals surface area contributed by atoms with Gasteiger partial charge in [-0.1, -0.05) is 17.7 Å². The molecule has 1 aromatic heterocycles. The van der Waals surface area contributed by atoms with Crippen LogP contribution in [0.1, 0.15) is 28.8 Å². The van der Waals surface area contributed by atoms with Crippen LogP contribution in [0.4, 0.5) is 21.9 Å². The van der Waals surface area contributed by atoms with E-state index in [2.05, 4.69) is 20.5 Å². The molecule has 0 radical (unpaired) electrons. The lowest BCUT2D eigenvalue weighted by Gasteiger charge is -2.33. The van der Waals surface area contributed by atoms with Crippen molar-refractivity contribution in [3.05, 3.63) is 83.1 Å². The second-order valence-electron chi connectivity index (χ2n) is 7.67. The molecular weight excluding hydrogens is 426 g/mol. The minimum absolute atomic E-state index is 0.0356. The number of amides is 2. The number of hydrogen-bond acceptors (Lipinski definition) is 5. The summed E-state index contributed by atoms with van der Waals surface area (Å²) in [5.41, 5.74) is 8.65. The molecule has 0 unspecified atom stereocenters. The standard InChI is InChI=1S/C24H24ClN5O2/c25-17-6-4-16(5-7-17)23(31)20-2-1-3-21(26)22(20)29-24(32)28-18-10-14-30(15-11-18)19-8-12-27-13-9-19/h1-9,12-13,18H,10-11,14-15,26H2,(H2,28,29,32). The van der Waals surface area contributed by atoms with Gasteiger partial charge in [-0.3, -0.25) is 9.78 Å². The number of nitrogens with two attached hydrogens (primary N) is 1. The number of nitrogen functional groups attached to an aromatic ring is 1. The van der Waals surface area contributed by atoms with Gasteiger partial charge < -0.3 is 21.3 Å². The number of halogens is 1. The number of pyridine rings is 1. The van der Waals surface area contributed by atoms with Gasteiger partial charge in [-0.2, -0.15) is 0 Å². The first-order valence-electron chi connectivity index (χ1n) is 10.4. The molecule has 8 heteroatoms. The summed E-state index contributed by atoms with van der Waals surface area (Å²) in [6.07, 6.45) is 5.19. The van der Waals surface area contributed by atoms with Crippen molar-refractivity contribution in [1.29, 1.82) is 0 Å². The second kappa shape index (κ2) is 9.70. The van der Waals surface area contributed by atoms with E-state index < -0.39 is 0 Å². The van der Waals surface area contributed by atoms with Crippen LogP contribution in [0.25, 0.3) is 0 Å². The van der Waals surface area contributed by atoms with Gasteiger partial charge in [0, 0.05) is 53.4 Å². The Morgan fingerprint density at radius 1 is 1.00 bits per heavy atom. The summed E-state index contributed by atoms with van der Waals surface area (Å²) in [7, 11) is 0. The number of piperidine rings is 1. The fraction of sp³-hybridized carbons (Fsp3) is 0.208. The Morgan fingerprint density at radius 3 is 2.38 bits per heavy atom. The summed E-state index contributed by atoms with van der Waals surface area (Å²) >= 11 is 5.92. The van der Waals surface area contributed by atoms with Gasteiger partial charge in [0.2, 0.25) is 0 Å². The Kier molecular flexibility index (Phi) is 6.56. The van der Waals surface area contributed by atoms with E-state index in [0.29, 0.717) is 27.5 Å². The van der Waals surface area contributed by atoms with Crippen LogP contribution in [0.2, 0.25) is 5.02 Å². The summed E-state index contributed by atoms with van der Waals surface area (Å²) in [5, 5.41) is 6.34. The van der Waals surface area contributed by atoms with E-state index in [4.69, 9.17) is 17.3 Å². The van der Waals surface area contributed by atoms with Crippen molar-refractivity contribution < 1.29 is 9.59 Å². The minimum atomic E-state index is -0.379. The van der Waals surface area contributed by atoms with Gasteiger partial charge in [0.05, 0.1) is 11.4 Å². The van der Waals surface area contributed by atoms with E-state index in [1.54, 1.807) is 54.9 Å². The number of nitrogens with one attached hydrogen (secondary N) is 2. The molecule has 4 N–H and O–H groups in total. The maximum Gasteiger partial charge on any atom is 0.319 e. The van der Waals surface area contributed by atoms with Gasteiger partial charge in [0.1, 0.15) is 0 Å². The molecule has 164 valence electrons. The molecule has 2 aromatic carbocycles. The van der Waals surface area contributed by atoms with Crippen LogP contribution in [-0.4, -0.2) is 35.9 Å². The first-order chi connectivity index (χ1) is 15.5. The molecule has 0 spiro atoms. The molecule has 1 aliphatic rings. The van der Waals surface area contributed by atoms with Gasteiger partial charge in [-0.15, -0.1) is 0 Å². The molecule has 3 aromatic rings. The third-order valence-corrected chi connectivity index (χ3v) is 5.80. The van der Waals surface area contributed by atoms with Crippen LogP contribution in [0, 0.1) is 0 Å². The maximum atomic E-state index is 13.0. The van der Waals surface area contributed by atoms with Crippen molar-refractivity contribution >= 4 is 40.5 Å². The predicted molar refractivity (Wildman–Crippen MR) is 127 cm³/mol. The number of benzene rings is 2. The fourth-order valence-corrected chi connectivity index (χ4v) is 3.95. The highest BCUT2D eigenvalue weighted by Crippen LogP contribution is 2.27. The van der Waals surface area contributed by atoms with E-state index in [1.165, 1.54) is 0 Å². The van der Waals surface area contributed by atoms with Crippen molar-refractivity contribution in [3.8, 4) is 0 Å². The second-order valence-corrected chi connectivity index (χ2v) is 8.11. The highest BCUT2D eigenvalue weighted by Gasteiger charge is 2.22. The molecule has 0 atom stereocenters. The van der Waals surface area contributed by atoms with Crippen LogP contribution in [0.3, 0.4) is 0 Å². The molecule has 2 amide bonds. The first-order valence-corrected chi connectivity index (χ1v) is 10.8. The van der Waals surface area contributed by atoms with Crippen molar-refractivity contribution in [3.63, 3.8) is 0 Å². The summed E-state index contributed by atoms with van der Waals surface area (Å²) in [5.74, 6) is -0.241. The van der Waals surface area contributed by atoms with Crippen molar-refractivity contribution in [1.82, 2.24) is 10.3 Å². The zero-order valence-corrected chi connectivity index (χ0v) is 18.2. The average molecular weight is 450 g/mol. The number of nitrogens with zero attached hydrogens (tertiary/aromatic N) is 2. The third-order valence-electron chi connectivity index (χ3n) is 5.54. The summed E-state index contributed by atoms with van der Waals surface area (Å²) in [6, 6.07) is 15.2. The molecular formula is C24H24ClN5O2. The number of ketones is 1. The molecule has 4 rings (SSSR count). The van der Waals surface area contributed by atoms with Crippen LogP contribution >= 0.6 is 11.6 Å². The van der Waals surface area contributed by atoms with Crippen molar-refractivity contribution in [2.75, 3.05) is 29.0 Å². The lowest BCUT2D eigenvalue weighted by molar-refractivity contribution is 0.103. The first kappa shape index (κ1) is 21.6. The highest BCUT2D eigenvalue weighted by atomic mass is 35.5. The summed E-state index contributed by atoms with van der Waals surface area (Å²) in [6.45, 7) is 1.67. The minimum Gasteiger partial charge on any atom is -0.397 e. The molecule has 1 aliphatic heterocycles. The molecule has 0 bridgehead atoms. The van der Waals surface area contributed by atoms with Crippen LogP contribution in [0.5, 0.6) is 0 Å².